The molecule has 0 amide bonds. The van der Waals surface area contributed by atoms with Gasteiger partial charge in [0.1, 0.15) is 0 Å². The number of nitrogens with one attached hydrogen (secondary N) is 1. The van der Waals surface area contributed by atoms with Crippen molar-refractivity contribution in [3.8, 4) is 0 Å². The maximum Gasteiger partial charge on any atom is 0.0541 e. The molecule has 2 rings (SSSR count). The molecule has 1 N–H and O–H groups in total. The lowest BCUT2D eigenvalue weighted by Gasteiger charge is -2.23. The van der Waals surface area contributed by atoms with E-state index in [9.17, 15) is 0 Å². The Morgan fingerprint density at radius 2 is 2.12 bits per heavy atom. The number of pyridine rings is 1. The van der Waals surface area contributed by atoms with Crippen molar-refractivity contribution in [3.05, 3.63) is 29.6 Å². The number of aryl methyl sites for hydroxylation is 1. The molecule has 17 heavy (non-hydrogen) atoms. The van der Waals surface area contributed by atoms with E-state index in [1.54, 1.807) is 0 Å². The molecule has 1 atom stereocenters. The van der Waals surface area contributed by atoms with Crippen LogP contribution >= 0.6 is 0 Å². The first-order valence-corrected chi connectivity index (χ1v) is 6.62. The van der Waals surface area contributed by atoms with Gasteiger partial charge in [-0.2, -0.15) is 0 Å². The van der Waals surface area contributed by atoms with Crippen LogP contribution in [0.5, 0.6) is 0 Å². The molecule has 3 nitrogen and oxygen atoms in total. The van der Waals surface area contributed by atoms with Gasteiger partial charge in [-0.3, -0.25) is 9.88 Å². The molecule has 94 valence electrons. The second kappa shape index (κ2) is 6.12. The zero-order valence-electron chi connectivity index (χ0n) is 10.9. The fourth-order valence-electron chi connectivity index (χ4n) is 2.32. The zero-order valence-corrected chi connectivity index (χ0v) is 10.9. The van der Waals surface area contributed by atoms with E-state index < -0.39 is 0 Å². The Bertz CT molecular complexity index is 328. The van der Waals surface area contributed by atoms with E-state index in [0.29, 0.717) is 6.04 Å². The van der Waals surface area contributed by atoms with E-state index in [1.807, 2.05) is 6.20 Å². The molecule has 0 aromatic carbocycles. The Morgan fingerprint density at radius 1 is 1.35 bits per heavy atom. The van der Waals surface area contributed by atoms with Crippen molar-refractivity contribution in [3.63, 3.8) is 0 Å². The van der Waals surface area contributed by atoms with Gasteiger partial charge in [0.05, 0.1) is 5.69 Å². The van der Waals surface area contributed by atoms with Crippen LogP contribution in [-0.4, -0.2) is 35.6 Å². The summed E-state index contributed by atoms with van der Waals surface area (Å²) in [6.45, 7) is 8.84. The van der Waals surface area contributed by atoms with Crippen LogP contribution in [0.3, 0.4) is 0 Å². The largest absolute Gasteiger partial charge is 0.310 e. The molecule has 0 radical (unpaired) electrons. The Kier molecular flexibility index (Phi) is 4.51. The lowest BCUT2D eigenvalue weighted by Crippen LogP contribution is -2.38. The summed E-state index contributed by atoms with van der Waals surface area (Å²) in [6, 6.07) is 4.86. The van der Waals surface area contributed by atoms with Crippen LogP contribution < -0.4 is 5.32 Å². The lowest BCUT2D eigenvalue weighted by atomic mass is 10.2. The van der Waals surface area contributed by atoms with E-state index in [4.69, 9.17) is 0 Å². The van der Waals surface area contributed by atoms with Crippen molar-refractivity contribution in [2.24, 2.45) is 0 Å². The Labute approximate surface area is 104 Å². The molecule has 1 unspecified atom stereocenters. The molecule has 2 heterocycles. The average molecular weight is 233 g/mol. The SMILES string of the molecule is Cc1ccc(CNCC(C)N2CCCC2)nc1. The van der Waals surface area contributed by atoms with Crippen LogP contribution in [0.4, 0.5) is 0 Å². The molecule has 1 saturated heterocycles. The number of hydrogen-bond acceptors (Lipinski definition) is 3. The highest BCUT2D eigenvalue weighted by Gasteiger charge is 2.17. The lowest BCUT2D eigenvalue weighted by molar-refractivity contribution is 0.251. The van der Waals surface area contributed by atoms with Gasteiger partial charge in [0.15, 0.2) is 0 Å². The standard InChI is InChI=1S/C14H23N3/c1-12-5-6-14(16-9-12)11-15-10-13(2)17-7-3-4-8-17/h5-6,9,13,15H,3-4,7-8,10-11H2,1-2H3. The highest BCUT2D eigenvalue weighted by molar-refractivity contribution is 5.11. The van der Waals surface area contributed by atoms with Crippen LogP contribution in [0.15, 0.2) is 18.3 Å². The second-order valence-electron chi connectivity index (χ2n) is 5.05. The summed E-state index contributed by atoms with van der Waals surface area (Å²) in [5.74, 6) is 0. The summed E-state index contributed by atoms with van der Waals surface area (Å²) in [6.07, 6.45) is 4.66. The number of aromatic nitrogens is 1. The molecule has 0 bridgehead atoms. The van der Waals surface area contributed by atoms with Crippen LogP contribution in [-0.2, 0) is 6.54 Å². The summed E-state index contributed by atoms with van der Waals surface area (Å²) in [5.41, 5.74) is 2.35. The minimum absolute atomic E-state index is 0.642. The minimum Gasteiger partial charge on any atom is -0.310 e. The normalized spacial score (nSPS) is 18.5. The second-order valence-corrected chi connectivity index (χ2v) is 5.05. The maximum atomic E-state index is 4.40. The predicted molar refractivity (Wildman–Crippen MR) is 70.9 cm³/mol. The molecular weight excluding hydrogens is 210 g/mol. The van der Waals surface area contributed by atoms with Gasteiger partial charge in [0.2, 0.25) is 0 Å². The molecule has 0 aliphatic carbocycles. The molecule has 1 aliphatic rings. The average Bonchev–Trinajstić information content (AvgIpc) is 2.85. The third-order valence-corrected chi connectivity index (χ3v) is 3.48. The summed E-state index contributed by atoms with van der Waals surface area (Å²) in [4.78, 5) is 6.96. The first-order chi connectivity index (χ1) is 8.25. The van der Waals surface area contributed by atoms with E-state index in [1.165, 1.54) is 31.5 Å². The Hall–Kier alpha value is -0.930. The first kappa shape index (κ1) is 12.5. The van der Waals surface area contributed by atoms with Gasteiger partial charge >= 0.3 is 0 Å². The van der Waals surface area contributed by atoms with Gasteiger partial charge in [-0.1, -0.05) is 6.07 Å². The molecule has 1 aromatic heterocycles. The topological polar surface area (TPSA) is 28.2 Å². The van der Waals surface area contributed by atoms with Crippen molar-refractivity contribution in [1.29, 1.82) is 0 Å². The van der Waals surface area contributed by atoms with Crippen molar-refractivity contribution < 1.29 is 0 Å². The van der Waals surface area contributed by atoms with Crippen molar-refractivity contribution in [2.75, 3.05) is 19.6 Å². The number of hydrogen-bond donors (Lipinski definition) is 1. The Balaban J connectivity index is 1.70. The first-order valence-electron chi connectivity index (χ1n) is 6.62. The molecule has 3 heteroatoms. The smallest absolute Gasteiger partial charge is 0.0541 e. The maximum absolute atomic E-state index is 4.40. The summed E-state index contributed by atoms with van der Waals surface area (Å²) in [7, 11) is 0. The molecular formula is C14H23N3. The Morgan fingerprint density at radius 3 is 2.76 bits per heavy atom. The highest BCUT2D eigenvalue weighted by atomic mass is 15.2. The van der Waals surface area contributed by atoms with E-state index in [2.05, 4.69) is 41.2 Å². The van der Waals surface area contributed by atoms with Crippen molar-refractivity contribution in [1.82, 2.24) is 15.2 Å². The van der Waals surface area contributed by atoms with E-state index in [-0.39, 0.29) is 0 Å². The summed E-state index contributed by atoms with van der Waals surface area (Å²) < 4.78 is 0. The number of likely N-dealkylation sites (tertiary alicyclic amines) is 1. The zero-order chi connectivity index (χ0) is 12.1. The summed E-state index contributed by atoms with van der Waals surface area (Å²) in [5, 5.41) is 3.49. The highest BCUT2D eigenvalue weighted by Crippen LogP contribution is 2.10. The summed E-state index contributed by atoms with van der Waals surface area (Å²) >= 11 is 0. The molecule has 1 aliphatic heterocycles. The molecule has 1 aromatic rings. The van der Waals surface area contributed by atoms with Gasteiger partial charge in [0, 0.05) is 25.3 Å². The fraction of sp³-hybridized carbons (Fsp3) is 0.643. The molecule has 0 saturated carbocycles. The van der Waals surface area contributed by atoms with Crippen LogP contribution in [0, 0.1) is 6.92 Å². The monoisotopic (exact) mass is 233 g/mol. The van der Waals surface area contributed by atoms with Crippen LogP contribution in [0.25, 0.3) is 0 Å². The quantitative estimate of drug-likeness (QED) is 0.842. The van der Waals surface area contributed by atoms with Gasteiger partial charge in [-0.25, -0.2) is 0 Å². The van der Waals surface area contributed by atoms with Gasteiger partial charge in [-0.05, 0) is 51.4 Å². The molecule has 0 spiro atoms. The third-order valence-electron chi connectivity index (χ3n) is 3.48. The predicted octanol–water partition coefficient (Wildman–Crippen LogP) is 1.96. The van der Waals surface area contributed by atoms with Gasteiger partial charge < -0.3 is 5.32 Å². The number of rotatable bonds is 5. The third kappa shape index (κ3) is 3.79. The van der Waals surface area contributed by atoms with Crippen molar-refractivity contribution in [2.45, 2.75) is 39.3 Å². The van der Waals surface area contributed by atoms with E-state index >= 15 is 0 Å². The van der Waals surface area contributed by atoms with E-state index in [0.717, 1.165) is 18.8 Å². The van der Waals surface area contributed by atoms with Crippen LogP contribution in [0.2, 0.25) is 0 Å². The van der Waals surface area contributed by atoms with Crippen molar-refractivity contribution >= 4 is 0 Å². The minimum atomic E-state index is 0.642. The fourth-order valence-corrected chi connectivity index (χ4v) is 2.32. The van der Waals surface area contributed by atoms with Crippen LogP contribution in [0.1, 0.15) is 31.0 Å². The molecule has 1 fully saturated rings. The van der Waals surface area contributed by atoms with Gasteiger partial charge in [-0.15, -0.1) is 0 Å². The van der Waals surface area contributed by atoms with Gasteiger partial charge in [0.25, 0.3) is 0 Å². The number of nitrogens with zero attached hydrogens (tertiary/aromatic N) is 2.